The summed E-state index contributed by atoms with van der Waals surface area (Å²) in [6.45, 7) is 1.06. The number of carbonyl (C=O) groups is 2. The van der Waals surface area contributed by atoms with E-state index in [1.807, 2.05) is 54.4 Å². The van der Waals surface area contributed by atoms with Crippen LogP contribution in [0.25, 0.3) is 17.3 Å². The third-order valence-corrected chi connectivity index (χ3v) is 5.27. The van der Waals surface area contributed by atoms with E-state index in [4.69, 9.17) is 4.74 Å². The van der Waals surface area contributed by atoms with Gasteiger partial charge in [-0.3, -0.25) is 19.9 Å². The summed E-state index contributed by atoms with van der Waals surface area (Å²) in [5.41, 5.74) is 2.51. The number of hydrogen-bond acceptors (Lipinski definition) is 8. The summed E-state index contributed by atoms with van der Waals surface area (Å²) in [5.74, 6) is 0.947. The summed E-state index contributed by atoms with van der Waals surface area (Å²) in [4.78, 5) is 38.2. The molecular weight excluding hydrogens is 414 g/mol. The molecule has 1 aromatic carbocycles. The Morgan fingerprint density at radius 1 is 1.06 bits per heavy atom. The molecule has 1 fully saturated rings. The first-order chi connectivity index (χ1) is 15.1. The zero-order chi connectivity index (χ0) is 21.6. The molecular formula is C22H19N5O3S. The van der Waals surface area contributed by atoms with Gasteiger partial charge in [-0.05, 0) is 47.7 Å². The molecule has 0 spiro atoms. The average molecular weight is 433 g/mol. The summed E-state index contributed by atoms with van der Waals surface area (Å²) >= 11 is 0.897. The molecule has 2 amide bonds. The summed E-state index contributed by atoms with van der Waals surface area (Å²) in [6, 6.07) is 13.0. The highest BCUT2D eigenvalue weighted by Crippen LogP contribution is 2.26. The standard InChI is InChI=1S/C22H19N5O3S/c1-27(21-24-13-16(14-25-21)18-4-2-3-9-23-18)10-11-30-17-7-5-15(6-8-17)12-19-20(28)26-22(29)31-19/h2-9,12-14H,10-11H2,1H3,(H,26,28,29)/b19-12-. The van der Waals surface area contributed by atoms with Crippen molar-refractivity contribution in [2.75, 3.05) is 25.1 Å². The largest absolute Gasteiger partial charge is 0.492 e. The van der Waals surface area contributed by atoms with Crippen LogP contribution < -0.4 is 15.0 Å². The van der Waals surface area contributed by atoms with E-state index in [-0.39, 0.29) is 11.1 Å². The number of hydrogen-bond donors (Lipinski definition) is 1. The highest BCUT2D eigenvalue weighted by Gasteiger charge is 2.24. The number of anilines is 1. The normalized spacial score (nSPS) is 14.5. The van der Waals surface area contributed by atoms with Crippen molar-refractivity contribution in [2.24, 2.45) is 0 Å². The van der Waals surface area contributed by atoms with Crippen molar-refractivity contribution in [3.8, 4) is 17.0 Å². The molecule has 0 saturated carbocycles. The number of benzene rings is 1. The molecule has 3 aromatic rings. The number of carbonyl (C=O) groups excluding carboxylic acids is 2. The second-order valence-corrected chi connectivity index (χ2v) is 7.69. The maximum absolute atomic E-state index is 11.6. The maximum atomic E-state index is 11.6. The van der Waals surface area contributed by atoms with Gasteiger partial charge in [0.15, 0.2) is 0 Å². The highest BCUT2D eigenvalue weighted by atomic mass is 32.2. The summed E-state index contributed by atoms with van der Waals surface area (Å²) < 4.78 is 5.79. The van der Waals surface area contributed by atoms with E-state index in [2.05, 4.69) is 20.3 Å². The predicted octanol–water partition coefficient (Wildman–Crippen LogP) is 3.38. The van der Waals surface area contributed by atoms with Crippen LogP contribution in [-0.4, -0.2) is 46.3 Å². The predicted molar refractivity (Wildman–Crippen MR) is 120 cm³/mol. The van der Waals surface area contributed by atoms with Gasteiger partial charge in [-0.15, -0.1) is 0 Å². The Balaban J connectivity index is 1.28. The number of pyridine rings is 1. The smallest absolute Gasteiger partial charge is 0.290 e. The van der Waals surface area contributed by atoms with Gasteiger partial charge in [0.2, 0.25) is 5.95 Å². The SMILES string of the molecule is CN(CCOc1ccc(/C=C2\SC(=O)NC2=O)cc1)c1ncc(-c2ccccn2)cn1. The van der Waals surface area contributed by atoms with Crippen molar-refractivity contribution in [3.05, 3.63) is 71.5 Å². The van der Waals surface area contributed by atoms with E-state index in [1.54, 1.807) is 24.7 Å². The number of likely N-dealkylation sites (N-methyl/N-ethyl adjacent to an activating group) is 1. The molecule has 1 N–H and O–H groups in total. The zero-order valence-electron chi connectivity index (χ0n) is 16.7. The van der Waals surface area contributed by atoms with Crippen molar-refractivity contribution >= 4 is 34.9 Å². The number of ether oxygens (including phenoxy) is 1. The number of amides is 2. The summed E-state index contributed by atoms with van der Waals surface area (Å²) in [5, 5.41) is 1.88. The molecule has 9 heteroatoms. The van der Waals surface area contributed by atoms with Crippen LogP contribution in [0.5, 0.6) is 5.75 Å². The van der Waals surface area contributed by atoms with Gasteiger partial charge < -0.3 is 9.64 Å². The summed E-state index contributed by atoms with van der Waals surface area (Å²) in [6.07, 6.45) is 6.92. The molecule has 0 radical (unpaired) electrons. The number of nitrogens with one attached hydrogen (secondary N) is 1. The first-order valence-electron chi connectivity index (χ1n) is 9.51. The molecule has 0 aliphatic carbocycles. The molecule has 156 valence electrons. The van der Waals surface area contributed by atoms with E-state index >= 15 is 0 Å². The molecule has 0 unspecified atom stereocenters. The number of rotatable bonds is 7. The molecule has 0 atom stereocenters. The fraction of sp³-hybridized carbons (Fsp3) is 0.136. The van der Waals surface area contributed by atoms with Crippen LogP contribution in [0.4, 0.5) is 10.7 Å². The van der Waals surface area contributed by atoms with Crippen LogP contribution in [0.3, 0.4) is 0 Å². The number of nitrogens with zero attached hydrogens (tertiary/aromatic N) is 4. The molecule has 31 heavy (non-hydrogen) atoms. The van der Waals surface area contributed by atoms with Gasteiger partial charge in [0.25, 0.3) is 11.1 Å². The van der Waals surface area contributed by atoms with Crippen LogP contribution in [-0.2, 0) is 4.79 Å². The van der Waals surface area contributed by atoms with Gasteiger partial charge in [0, 0.05) is 31.2 Å². The first kappa shape index (κ1) is 20.5. The zero-order valence-corrected chi connectivity index (χ0v) is 17.5. The Morgan fingerprint density at radius 2 is 1.84 bits per heavy atom. The third-order valence-electron chi connectivity index (χ3n) is 4.46. The topological polar surface area (TPSA) is 97.3 Å². The van der Waals surface area contributed by atoms with Gasteiger partial charge in [-0.25, -0.2) is 9.97 Å². The minimum absolute atomic E-state index is 0.351. The second kappa shape index (κ2) is 9.40. The van der Waals surface area contributed by atoms with Gasteiger partial charge in [0.05, 0.1) is 17.1 Å². The van der Waals surface area contributed by atoms with E-state index in [0.717, 1.165) is 28.6 Å². The first-order valence-corrected chi connectivity index (χ1v) is 10.3. The molecule has 4 rings (SSSR count). The van der Waals surface area contributed by atoms with Gasteiger partial charge in [-0.1, -0.05) is 18.2 Å². The van der Waals surface area contributed by atoms with Crippen molar-refractivity contribution in [1.29, 1.82) is 0 Å². The van der Waals surface area contributed by atoms with Crippen molar-refractivity contribution in [3.63, 3.8) is 0 Å². The van der Waals surface area contributed by atoms with Gasteiger partial charge >= 0.3 is 0 Å². The van der Waals surface area contributed by atoms with Crippen LogP contribution in [0.15, 0.2) is 66.0 Å². The quantitative estimate of drug-likeness (QED) is 0.567. The maximum Gasteiger partial charge on any atom is 0.290 e. The Morgan fingerprint density at radius 3 is 2.48 bits per heavy atom. The second-order valence-electron chi connectivity index (χ2n) is 6.68. The lowest BCUT2D eigenvalue weighted by molar-refractivity contribution is -0.115. The van der Waals surface area contributed by atoms with Crippen LogP contribution in [0.2, 0.25) is 0 Å². The third kappa shape index (κ3) is 5.26. The van der Waals surface area contributed by atoms with E-state index in [9.17, 15) is 9.59 Å². The van der Waals surface area contributed by atoms with E-state index < -0.39 is 0 Å². The Hall–Kier alpha value is -3.72. The summed E-state index contributed by atoms with van der Waals surface area (Å²) in [7, 11) is 1.90. The highest BCUT2D eigenvalue weighted by molar-refractivity contribution is 8.18. The van der Waals surface area contributed by atoms with Crippen molar-refractivity contribution in [2.45, 2.75) is 0 Å². The number of imide groups is 1. The minimum Gasteiger partial charge on any atom is -0.492 e. The number of aromatic nitrogens is 3. The van der Waals surface area contributed by atoms with Crippen molar-refractivity contribution < 1.29 is 14.3 Å². The van der Waals surface area contributed by atoms with Crippen LogP contribution >= 0.6 is 11.8 Å². The molecule has 0 bridgehead atoms. The lowest BCUT2D eigenvalue weighted by Crippen LogP contribution is -2.25. The van der Waals surface area contributed by atoms with E-state index in [0.29, 0.717) is 29.8 Å². The lowest BCUT2D eigenvalue weighted by atomic mass is 10.2. The fourth-order valence-corrected chi connectivity index (χ4v) is 3.50. The average Bonchev–Trinajstić information content (AvgIpc) is 3.12. The Labute approximate surface area is 183 Å². The van der Waals surface area contributed by atoms with Gasteiger partial charge in [-0.2, -0.15) is 0 Å². The van der Waals surface area contributed by atoms with E-state index in [1.165, 1.54) is 0 Å². The minimum atomic E-state index is -0.367. The lowest BCUT2D eigenvalue weighted by Gasteiger charge is -2.17. The van der Waals surface area contributed by atoms with Crippen LogP contribution in [0, 0.1) is 0 Å². The molecule has 3 heterocycles. The monoisotopic (exact) mass is 433 g/mol. The molecule has 1 saturated heterocycles. The molecule has 2 aromatic heterocycles. The molecule has 8 nitrogen and oxygen atoms in total. The Kier molecular flexibility index (Phi) is 6.23. The molecule has 1 aliphatic heterocycles. The number of thioether (sulfide) groups is 1. The van der Waals surface area contributed by atoms with Crippen LogP contribution in [0.1, 0.15) is 5.56 Å². The van der Waals surface area contributed by atoms with Gasteiger partial charge in [0.1, 0.15) is 12.4 Å². The van der Waals surface area contributed by atoms with Crippen molar-refractivity contribution in [1.82, 2.24) is 20.3 Å². The molecule has 1 aliphatic rings. The fourth-order valence-electron chi connectivity index (χ4n) is 2.82. The Bertz CT molecular complexity index is 1100.